The van der Waals surface area contributed by atoms with Crippen LogP contribution in [0.1, 0.15) is 27.0 Å². The van der Waals surface area contributed by atoms with E-state index in [2.05, 4.69) is 20.4 Å². The van der Waals surface area contributed by atoms with Crippen LogP contribution in [0.4, 0.5) is 9.93 Å². The fraction of sp³-hybridized carbons (Fsp3) is 0.190. The molecular formula is C21H18N4O5S2. The first-order chi connectivity index (χ1) is 15.5. The smallest absolute Gasteiger partial charge is 0.357 e. The number of thiazole rings is 1. The number of hydrogen-bond acceptors (Lipinski definition) is 8. The molecular weight excluding hydrogens is 452 g/mol. The van der Waals surface area contributed by atoms with Crippen molar-refractivity contribution in [2.45, 2.75) is 18.5 Å². The first-order valence-electron chi connectivity index (χ1n) is 9.53. The first-order valence-corrected chi connectivity index (χ1v) is 11.3. The molecule has 3 heterocycles. The van der Waals surface area contributed by atoms with Gasteiger partial charge in [-0.25, -0.2) is 19.5 Å². The number of aromatic nitrogens is 1. The molecule has 1 fully saturated rings. The van der Waals surface area contributed by atoms with Crippen LogP contribution in [0.25, 0.3) is 0 Å². The summed E-state index contributed by atoms with van der Waals surface area (Å²) in [5, 5.41) is 8.71. The SMILES string of the molecule is COC(=O)c1csc(NC(=O)[C@H](Cc2ccccc2)N2C(=O)NC(c3cccs3)C2=O)n1. The number of amides is 4. The number of anilines is 1. The molecule has 9 nitrogen and oxygen atoms in total. The van der Waals surface area contributed by atoms with Crippen molar-refractivity contribution in [2.24, 2.45) is 0 Å². The standard InChI is InChI=1S/C21H18N4O5S2/c1-30-19(28)13-11-32-20(22-13)24-17(26)14(10-12-6-3-2-4-7-12)25-18(27)16(23-21(25)29)15-8-5-9-31-15/h2-9,11,14,16H,10H2,1H3,(H,23,29)(H,22,24,26)/t14-,16?/m0/s1. The summed E-state index contributed by atoms with van der Waals surface area (Å²) in [5.74, 6) is -1.71. The molecule has 164 valence electrons. The topological polar surface area (TPSA) is 118 Å². The molecule has 1 saturated heterocycles. The number of benzene rings is 1. The second-order valence-corrected chi connectivity index (χ2v) is 8.67. The van der Waals surface area contributed by atoms with Crippen molar-refractivity contribution in [3.8, 4) is 0 Å². The molecule has 2 N–H and O–H groups in total. The predicted molar refractivity (Wildman–Crippen MR) is 118 cm³/mol. The van der Waals surface area contributed by atoms with E-state index in [1.165, 1.54) is 23.8 Å². The molecule has 0 radical (unpaired) electrons. The highest BCUT2D eigenvalue weighted by Gasteiger charge is 2.45. The minimum atomic E-state index is -1.11. The summed E-state index contributed by atoms with van der Waals surface area (Å²) in [6.07, 6.45) is 0.123. The molecule has 1 aliphatic rings. The molecule has 32 heavy (non-hydrogen) atoms. The lowest BCUT2D eigenvalue weighted by Crippen LogP contribution is -2.49. The van der Waals surface area contributed by atoms with E-state index in [1.807, 2.05) is 35.7 Å². The fourth-order valence-corrected chi connectivity index (χ4v) is 4.74. The highest BCUT2D eigenvalue weighted by molar-refractivity contribution is 7.14. The van der Waals surface area contributed by atoms with Crippen molar-refractivity contribution in [1.29, 1.82) is 0 Å². The van der Waals surface area contributed by atoms with Crippen LogP contribution in [0, 0.1) is 0 Å². The molecule has 4 amide bonds. The van der Waals surface area contributed by atoms with Crippen LogP contribution in [0.3, 0.4) is 0 Å². The lowest BCUT2D eigenvalue weighted by Gasteiger charge is -2.24. The van der Waals surface area contributed by atoms with Gasteiger partial charge in [0.15, 0.2) is 10.8 Å². The van der Waals surface area contributed by atoms with E-state index in [4.69, 9.17) is 0 Å². The lowest BCUT2D eigenvalue weighted by atomic mass is 10.0. The fourth-order valence-electron chi connectivity index (χ4n) is 3.29. The lowest BCUT2D eigenvalue weighted by molar-refractivity contribution is -0.134. The van der Waals surface area contributed by atoms with Gasteiger partial charge >= 0.3 is 12.0 Å². The van der Waals surface area contributed by atoms with Crippen molar-refractivity contribution in [3.05, 3.63) is 69.4 Å². The zero-order chi connectivity index (χ0) is 22.7. The molecule has 3 aromatic rings. The Morgan fingerprint density at radius 3 is 2.66 bits per heavy atom. The van der Waals surface area contributed by atoms with E-state index in [0.29, 0.717) is 4.88 Å². The van der Waals surface area contributed by atoms with Crippen molar-refractivity contribution in [1.82, 2.24) is 15.2 Å². The van der Waals surface area contributed by atoms with E-state index < -0.39 is 35.9 Å². The van der Waals surface area contributed by atoms with Gasteiger partial charge in [-0.05, 0) is 17.0 Å². The third-order valence-corrected chi connectivity index (χ3v) is 6.51. The molecule has 2 aromatic heterocycles. The monoisotopic (exact) mass is 470 g/mol. The number of nitrogens with one attached hydrogen (secondary N) is 2. The normalized spacial score (nSPS) is 16.5. The van der Waals surface area contributed by atoms with Gasteiger partial charge in [0.2, 0.25) is 5.91 Å². The Kier molecular flexibility index (Phi) is 6.28. The molecule has 1 unspecified atom stereocenters. The summed E-state index contributed by atoms with van der Waals surface area (Å²) in [6.45, 7) is 0. The largest absolute Gasteiger partial charge is 0.464 e. The number of esters is 1. The Labute approximate surface area is 191 Å². The number of methoxy groups -OCH3 is 1. The van der Waals surface area contributed by atoms with E-state index in [0.717, 1.165) is 21.8 Å². The van der Waals surface area contributed by atoms with Crippen LogP contribution < -0.4 is 10.6 Å². The first kappa shape index (κ1) is 21.7. The number of urea groups is 1. The molecule has 0 aliphatic carbocycles. The summed E-state index contributed by atoms with van der Waals surface area (Å²) in [4.78, 5) is 56.4. The van der Waals surface area contributed by atoms with E-state index >= 15 is 0 Å². The van der Waals surface area contributed by atoms with Crippen LogP contribution >= 0.6 is 22.7 Å². The average molecular weight is 471 g/mol. The van der Waals surface area contributed by atoms with Crippen molar-refractivity contribution >= 4 is 51.6 Å². The van der Waals surface area contributed by atoms with Crippen LogP contribution in [-0.4, -0.2) is 46.9 Å². The second-order valence-electron chi connectivity index (χ2n) is 6.83. The van der Waals surface area contributed by atoms with Crippen LogP contribution in [-0.2, 0) is 20.7 Å². The molecule has 4 rings (SSSR count). The number of rotatable bonds is 7. The molecule has 0 bridgehead atoms. The number of carbonyl (C=O) groups excluding carboxylic acids is 4. The second kappa shape index (κ2) is 9.28. The molecule has 2 atom stereocenters. The van der Waals surface area contributed by atoms with Gasteiger partial charge in [0, 0.05) is 16.7 Å². The summed E-state index contributed by atoms with van der Waals surface area (Å²) >= 11 is 2.39. The van der Waals surface area contributed by atoms with E-state index in [9.17, 15) is 19.2 Å². The van der Waals surface area contributed by atoms with Crippen molar-refractivity contribution in [2.75, 3.05) is 12.4 Å². The summed E-state index contributed by atoms with van der Waals surface area (Å²) < 4.78 is 4.63. The highest BCUT2D eigenvalue weighted by atomic mass is 32.1. The van der Waals surface area contributed by atoms with Crippen LogP contribution in [0.5, 0.6) is 0 Å². The average Bonchev–Trinajstić information content (AvgIpc) is 3.54. The van der Waals surface area contributed by atoms with Gasteiger partial charge in [0.25, 0.3) is 5.91 Å². The van der Waals surface area contributed by atoms with Gasteiger partial charge in [-0.2, -0.15) is 0 Å². The summed E-state index contributed by atoms with van der Waals surface area (Å²) in [6, 6.07) is 10.1. The van der Waals surface area contributed by atoms with Gasteiger partial charge in [-0.1, -0.05) is 36.4 Å². The molecule has 0 spiro atoms. The number of imide groups is 1. The Hall–Kier alpha value is -3.57. The summed E-state index contributed by atoms with van der Waals surface area (Å²) in [5.41, 5.74) is 0.836. The number of ether oxygens (including phenoxy) is 1. The zero-order valence-electron chi connectivity index (χ0n) is 16.8. The minimum absolute atomic E-state index is 0.0557. The van der Waals surface area contributed by atoms with Crippen molar-refractivity contribution in [3.63, 3.8) is 0 Å². The Morgan fingerprint density at radius 2 is 1.97 bits per heavy atom. The number of hydrogen-bond donors (Lipinski definition) is 2. The van der Waals surface area contributed by atoms with Gasteiger partial charge in [0.1, 0.15) is 12.1 Å². The predicted octanol–water partition coefficient (Wildman–Crippen LogP) is 2.83. The van der Waals surface area contributed by atoms with Gasteiger partial charge < -0.3 is 15.4 Å². The molecule has 1 aliphatic heterocycles. The van der Waals surface area contributed by atoms with Crippen LogP contribution in [0.15, 0.2) is 53.2 Å². The van der Waals surface area contributed by atoms with E-state index in [1.54, 1.807) is 12.1 Å². The van der Waals surface area contributed by atoms with Crippen molar-refractivity contribution < 1.29 is 23.9 Å². The maximum atomic E-state index is 13.2. The minimum Gasteiger partial charge on any atom is -0.464 e. The van der Waals surface area contributed by atoms with Gasteiger partial charge in [-0.3, -0.25) is 9.59 Å². The Morgan fingerprint density at radius 1 is 1.19 bits per heavy atom. The quantitative estimate of drug-likeness (QED) is 0.405. The molecule has 0 saturated carbocycles. The highest BCUT2D eigenvalue weighted by Crippen LogP contribution is 2.28. The summed E-state index contributed by atoms with van der Waals surface area (Å²) in [7, 11) is 1.23. The number of thiophene rings is 1. The maximum Gasteiger partial charge on any atom is 0.357 e. The zero-order valence-corrected chi connectivity index (χ0v) is 18.4. The third-order valence-electron chi connectivity index (χ3n) is 4.81. The number of nitrogens with zero attached hydrogens (tertiary/aromatic N) is 2. The maximum absolute atomic E-state index is 13.2. The Balaban J connectivity index is 1.60. The third kappa shape index (κ3) is 4.39. The van der Waals surface area contributed by atoms with E-state index in [-0.39, 0.29) is 17.2 Å². The molecule has 1 aromatic carbocycles. The Bertz CT molecular complexity index is 1150. The number of carbonyl (C=O) groups is 4. The van der Waals surface area contributed by atoms with Gasteiger partial charge in [0.05, 0.1) is 7.11 Å². The molecule has 11 heteroatoms. The van der Waals surface area contributed by atoms with Gasteiger partial charge in [-0.15, -0.1) is 22.7 Å². The van der Waals surface area contributed by atoms with Crippen LogP contribution in [0.2, 0.25) is 0 Å².